The molecule has 0 aliphatic heterocycles. The predicted octanol–water partition coefficient (Wildman–Crippen LogP) is 10.6. The molecule has 3 aromatic carbocycles. The van der Waals surface area contributed by atoms with Crippen LogP contribution in [0, 0.1) is 0 Å². The van der Waals surface area contributed by atoms with Crippen LogP contribution < -0.4 is 0 Å². The number of aromatic hydroxyl groups is 3. The standard InChI is InChI=1S/C46H52O6/c47-28-36-22-30(14-16-42(36)49)20-34-24-38(26-40(44(34)51)32-10-4-1-5-11-32)46(18-8-3-9-19-46)39-25-35(21-31-15-17-43(50)37(23-31)29-48)45(52)41(27-39)33-12-6-2-7-13-33/h14-17,22,24-28,32-33,49-52H,1-13,18-21,23H2. The Balaban J connectivity index is 1.39. The van der Waals surface area contributed by atoms with Crippen LogP contribution in [0.25, 0.3) is 0 Å². The first-order chi connectivity index (χ1) is 25.3. The molecule has 3 saturated carbocycles. The van der Waals surface area contributed by atoms with E-state index in [-0.39, 0.29) is 39.9 Å². The third-order valence-electron chi connectivity index (χ3n) is 12.7. The average Bonchev–Trinajstić information content (AvgIpc) is 3.18. The summed E-state index contributed by atoms with van der Waals surface area (Å²) in [6, 6.07) is 14.1. The van der Waals surface area contributed by atoms with E-state index < -0.39 is 0 Å². The molecule has 3 fully saturated rings. The molecule has 4 N–H and O–H groups in total. The summed E-state index contributed by atoms with van der Waals surface area (Å²) < 4.78 is 0. The molecule has 0 amide bonds. The molecular weight excluding hydrogens is 649 g/mol. The molecular formula is C46H52O6. The Hall–Kier alpha value is -4.54. The highest BCUT2D eigenvalue weighted by Crippen LogP contribution is 2.51. The van der Waals surface area contributed by atoms with E-state index >= 15 is 0 Å². The number of hydrogen-bond donors (Lipinski definition) is 4. The van der Waals surface area contributed by atoms with Gasteiger partial charge in [0.05, 0.1) is 11.1 Å². The molecule has 4 aliphatic carbocycles. The number of phenols is 3. The highest BCUT2D eigenvalue weighted by Gasteiger charge is 2.39. The molecule has 4 aliphatic rings. The van der Waals surface area contributed by atoms with E-state index in [0.717, 1.165) is 117 Å². The van der Waals surface area contributed by atoms with Crippen LogP contribution in [-0.2, 0) is 23.1 Å². The Labute approximate surface area is 307 Å². The number of aliphatic hydroxyl groups is 1. The van der Waals surface area contributed by atoms with Gasteiger partial charge in [0.2, 0.25) is 0 Å². The maximum Gasteiger partial charge on any atom is 0.153 e. The van der Waals surface area contributed by atoms with E-state index in [1.807, 2.05) is 18.1 Å². The van der Waals surface area contributed by atoms with Crippen molar-refractivity contribution in [1.82, 2.24) is 0 Å². The van der Waals surface area contributed by atoms with E-state index in [9.17, 15) is 30.0 Å². The first kappa shape index (κ1) is 35.8. The Morgan fingerprint density at radius 3 is 1.79 bits per heavy atom. The predicted molar refractivity (Wildman–Crippen MR) is 204 cm³/mol. The van der Waals surface area contributed by atoms with Gasteiger partial charge in [0.15, 0.2) is 6.29 Å². The van der Waals surface area contributed by atoms with Crippen molar-refractivity contribution < 1.29 is 30.0 Å². The van der Waals surface area contributed by atoms with Crippen LogP contribution in [0.1, 0.15) is 164 Å². The van der Waals surface area contributed by atoms with Crippen LogP contribution in [0.15, 0.2) is 71.5 Å². The largest absolute Gasteiger partial charge is 0.507 e. The molecule has 7 rings (SSSR count). The van der Waals surface area contributed by atoms with Crippen LogP contribution in [0.5, 0.6) is 17.2 Å². The van der Waals surface area contributed by atoms with Gasteiger partial charge >= 0.3 is 0 Å². The van der Waals surface area contributed by atoms with Crippen molar-refractivity contribution in [2.75, 3.05) is 0 Å². The summed E-state index contributed by atoms with van der Waals surface area (Å²) in [7, 11) is 0. The smallest absolute Gasteiger partial charge is 0.153 e. The molecule has 52 heavy (non-hydrogen) atoms. The zero-order valence-corrected chi connectivity index (χ0v) is 30.3. The zero-order chi connectivity index (χ0) is 36.2. The van der Waals surface area contributed by atoms with E-state index in [4.69, 9.17) is 0 Å². The molecule has 6 heteroatoms. The number of aliphatic hydroxyl groups excluding tert-OH is 1. The minimum atomic E-state index is -0.328. The number of hydrogen-bond acceptors (Lipinski definition) is 6. The van der Waals surface area contributed by atoms with Crippen LogP contribution in [0.3, 0.4) is 0 Å². The summed E-state index contributed by atoms with van der Waals surface area (Å²) in [6.07, 6.45) is 21.7. The lowest BCUT2D eigenvalue weighted by Crippen LogP contribution is -2.31. The van der Waals surface area contributed by atoms with E-state index in [0.29, 0.717) is 37.0 Å². The topological polar surface area (TPSA) is 115 Å². The fourth-order valence-electron chi connectivity index (χ4n) is 9.77. The molecule has 0 atom stereocenters. The minimum absolute atomic E-state index is 0.0482. The fourth-order valence-corrected chi connectivity index (χ4v) is 9.77. The van der Waals surface area contributed by atoms with Crippen LogP contribution in [-0.4, -0.2) is 32.7 Å². The molecule has 6 nitrogen and oxygen atoms in total. The van der Waals surface area contributed by atoms with Gasteiger partial charge in [-0.15, -0.1) is 0 Å². The second kappa shape index (κ2) is 15.6. The first-order valence-corrected chi connectivity index (χ1v) is 19.6. The van der Waals surface area contributed by atoms with Crippen molar-refractivity contribution in [3.8, 4) is 17.2 Å². The third-order valence-corrected chi connectivity index (χ3v) is 12.7. The fraction of sp³-hybridized carbons (Fsp3) is 0.457. The minimum Gasteiger partial charge on any atom is -0.507 e. The normalized spacial score (nSPS) is 19.8. The Morgan fingerprint density at radius 1 is 0.673 bits per heavy atom. The Kier molecular flexibility index (Phi) is 10.8. The maximum atomic E-state index is 12.0. The second-order valence-corrected chi connectivity index (χ2v) is 16.0. The summed E-state index contributed by atoms with van der Waals surface area (Å²) in [6.45, 7) is 0. The van der Waals surface area contributed by atoms with Gasteiger partial charge in [0.1, 0.15) is 28.9 Å². The maximum absolute atomic E-state index is 12.0. The van der Waals surface area contributed by atoms with Gasteiger partial charge < -0.3 is 20.4 Å². The van der Waals surface area contributed by atoms with E-state index in [1.165, 1.54) is 24.0 Å². The van der Waals surface area contributed by atoms with Crippen molar-refractivity contribution in [3.05, 3.63) is 116 Å². The lowest BCUT2D eigenvalue weighted by molar-refractivity contribution is 0.112. The first-order valence-electron chi connectivity index (χ1n) is 19.6. The highest BCUT2D eigenvalue weighted by molar-refractivity contribution is 5.79. The van der Waals surface area contributed by atoms with Gasteiger partial charge in [0, 0.05) is 18.3 Å². The SMILES string of the molecule is O=C=C1CC(Cc2cc(C3(c4cc(Cc5ccc(O)c(C=O)c5)c(O)c(C5CCCCC5)c4)CCCCC3)cc(C3CCCCC3)c2O)=CC=C1O. The summed E-state index contributed by atoms with van der Waals surface area (Å²) in [5.74, 6) is 3.05. The van der Waals surface area contributed by atoms with Crippen LogP contribution >= 0.6 is 0 Å². The molecule has 0 spiro atoms. The second-order valence-electron chi connectivity index (χ2n) is 16.0. The molecule has 3 aromatic rings. The molecule has 0 radical (unpaired) electrons. The van der Waals surface area contributed by atoms with Crippen molar-refractivity contribution in [2.45, 2.75) is 133 Å². The van der Waals surface area contributed by atoms with Gasteiger partial charge in [-0.1, -0.05) is 99.8 Å². The highest BCUT2D eigenvalue weighted by atomic mass is 16.3. The van der Waals surface area contributed by atoms with Crippen molar-refractivity contribution >= 4 is 12.2 Å². The number of phenolic OH excluding ortho intramolecular Hbond substituents is 3. The number of benzene rings is 3. The molecule has 272 valence electrons. The van der Waals surface area contributed by atoms with Crippen LogP contribution in [0.2, 0.25) is 0 Å². The van der Waals surface area contributed by atoms with Gasteiger partial charge in [-0.25, -0.2) is 4.79 Å². The van der Waals surface area contributed by atoms with Crippen molar-refractivity contribution in [3.63, 3.8) is 0 Å². The summed E-state index contributed by atoms with van der Waals surface area (Å²) in [5.41, 5.74) is 8.11. The number of allylic oxidation sites excluding steroid dienone is 4. The molecule has 0 heterocycles. The molecule has 0 bridgehead atoms. The number of carbonyl (C=O) groups is 1. The lowest BCUT2D eigenvalue weighted by Gasteiger charge is -2.41. The molecule has 0 unspecified atom stereocenters. The van der Waals surface area contributed by atoms with Gasteiger partial charge in [-0.3, -0.25) is 4.79 Å². The monoisotopic (exact) mass is 700 g/mol. The summed E-state index contributed by atoms with van der Waals surface area (Å²) >= 11 is 0. The van der Waals surface area contributed by atoms with Gasteiger partial charge in [-0.2, -0.15) is 0 Å². The van der Waals surface area contributed by atoms with E-state index in [2.05, 4.69) is 24.3 Å². The molecule has 0 aromatic heterocycles. The van der Waals surface area contributed by atoms with Crippen molar-refractivity contribution in [2.24, 2.45) is 0 Å². The van der Waals surface area contributed by atoms with Crippen LogP contribution in [0.4, 0.5) is 0 Å². The lowest BCUT2D eigenvalue weighted by atomic mass is 9.63. The summed E-state index contributed by atoms with van der Waals surface area (Å²) in [4.78, 5) is 23.3. The van der Waals surface area contributed by atoms with Crippen molar-refractivity contribution in [1.29, 1.82) is 0 Å². The van der Waals surface area contributed by atoms with Gasteiger partial charge in [0.25, 0.3) is 0 Å². The number of aldehydes is 1. The zero-order valence-electron chi connectivity index (χ0n) is 30.3. The molecule has 0 saturated heterocycles. The Bertz CT molecular complexity index is 1920. The van der Waals surface area contributed by atoms with Gasteiger partial charge in [-0.05, 0) is 114 Å². The third kappa shape index (κ3) is 7.23. The average molecular weight is 701 g/mol. The summed E-state index contributed by atoms with van der Waals surface area (Å²) in [5, 5.41) is 44.4. The number of rotatable bonds is 9. The Morgan fingerprint density at radius 2 is 1.23 bits per heavy atom. The quantitative estimate of drug-likeness (QED) is 0.130. The van der Waals surface area contributed by atoms with E-state index in [1.54, 1.807) is 18.2 Å². The number of carbonyl (C=O) groups excluding carboxylic acids is 2.